The quantitative estimate of drug-likeness (QED) is 0.189. The molecule has 0 aliphatic heterocycles. The van der Waals surface area contributed by atoms with Gasteiger partial charge in [-0.05, 0) is 113 Å². The minimum absolute atomic E-state index is 0.0712. The summed E-state index contributed by atoms with van der Waals surface area (Å²) in [7, 11) is 0. The van der Waals surface area contributed by atoms with Gasteiger partial charge in [0.05, 0.1) is 12.5 Å². The van der Waals surface area contributed by atoms with E-state index in [4.69, 9.17) is 14.2 Å². The molecule has 3 aromatic rings. The third-order valence-corrected chi connectivity index (χ3v) is 7.44. The third-order valence-electron chi connectivity index (χ3n) is 7.44. The van der Waals surface area contributed by atoms with Gasteiger partial charge in [0.25, 0.3) is 0 Å². The molecule has 1 aliphatic rings. The lowest BCUT2D eigenvalue weighted by atomic mass is 9.94. The number of hydrogen-bond donors (Lipinski definition) is 2. The predicted molar refractivity (Wildman–Crippen MR) is 177 cm³/mol. The van der Waals surface area contributed by atoms with E-state index in [0.29, 0.717) is 18.8 Å². The number of nitrogens with one attached hydrogen (secondary N) is 1. The summed E-state index contributed by atoms with van der Waals surface area (Å²) in [5.41, 5.74) is 4.88. The zero-order valence-corrected chi connectivity index (χ0v) is 27.7. The van der Waals surface area contributed by atoms with Crippen molar-refractivity contribution in [2.75, 3.05) is 6.61 Å². The van der Waals surface area contributed by atoms with Crippen molar-refractivity contribution < 1.29 is 28.9 Å². The summed E-state index contributed by atoms with van der Waals surface area (Å²) in [6.07, 6.45) is 4.77. The van der Waals surface area contributed by atoms with E-state index in [1.54, 1.807) is 0 Å². The largest absolute Gasteiger partial charge is 0.489 e. The second-order valence-corrected chi connectivity index (χ2v) is 14.0. The van der Waals surface area contributed by atoms with Gasteiger partial charge in [0, 0.05) is 12.2 Å². The van der Waals surface area contributed by atoms with E-state index in [2.05, 4.69) is 35.6 Å². The molecule has 0 unspecified atom stereocenters. The van der Waals surface area contributed by atoms with Gasteiger partial charge in [-0.15, -0.1) is 0 Å². The van der Waals surface area contributed by atoms with Crippen LogP contribution in [0.4, 0.5) is 4.79 Å². The number of aryl methyl sites for hydroxylation is 1. The van der Waals surface area contributed by atoms with Gasteiger partial charge in [-0.25, -0.2) is 4.79 Å². The van der Waals surface area contributed by atoms with Crippen LogP contribution in [0.5, 0.6) is 5.75 Å². The Kier molecular flexibility index (Phi) is 11.3. The SMILES string of the molecule is CC(C)(C)OC(=O)Cc1ccccc1OCc1cc(CCC2CC2)cc(-c2cccc([C@@H](CCO)NC(=O)OC(C)(C)C)c2)c1. The number of alkyl carbamates (subject to hydrolysis) is 1. The standard InChI is InChI=1S/C38H49NO6/c1-37(2,3)44-35(41)24-31-10-7-8-13-34(31)43-25-28-20-27(17-16-26-14-15-26)21-32(22-28)29-11-9-12-30(23-29)33(18-19-40)39-36(42)45-38(4,5)6/h7-13,20-23,26,33,40H,14-19,24-25H2,1-6H3,(H,39,42)/t33-/m1/s1. The summed E-state index contributed by atoms with van der Waals surface area (Å²) < 4.78 is 17.3. The molecule has 7 nitrogen and oxygen atoms in total. The first kappa shape index (κ1) is 34.0. The lowest BCUT2D eigenvalue weighted by Crippen LogP contribution is -2.35. The van der Waals surface area contributed by atoms with Crippen LogP contribution < -0.4 is 10.1 Å². The minimum atomic E-state index is -0.620. The smallest absolute Gasteiger partial charge is 0.408 e. The molecule has 0 bridgehead atoms. The maximum Gasteiger partial charge on any atom is 0.408 e. The van der Waals surface area contributed by atoms with E-state index in [1.165, 1.54) is 24.8 Å². The summed E-state index contributed by atoms with van der Waals surface area (Å²) in [5.74, 6) is 1.19. The van der Waals surface area contributed by atoms with Crippen molar-refractivity contribution in [3.8, 4) is 16.9 Å². The topological polar surface area (TPSA) is 94.1 Å². The van der Waals surface area contributed by atoms with Crippen LogP contribution in [0.1, 0.15) is 95.5 Å². The average molecular weight is 616 g/mol. The molecule has 1 atom stereocenters. The highest BCUT2D eigenvalue weighted by Crippen LogP contribution is 2.35. The maximum atomic E-state index is 12.6. The lowest BCUT2D eigenvalue weighted by molar-refractivity contribution is -0.153. The lowest BCUT2D eigenvalue weighted by Gasteiger charge is -2.24. The van der Waals surface area contributed by atoms with Crippen molar-refractivity contribution in [1.29, 1.82) is 0 Å². The number of aliphatic hydroxyl groups is 1. The molecular formula is C38H49NO6. The molecule has 0 heterocycles. The molecule has 4 rings (SSSR count). The molecule has 45 heavy (non-hydrogen) atoms. The minimum Gasteiger partial charge on any atom is -0.489 e. The van der Waals surface area contributed by atoms with Crippen LogP contribution in [0.15, 0.2) is 66.7 Å². The van der Waals surface area contributed by atoms with Crippen molar-refractivity contribution >= 4 is 12.1 Å². The Morgan fingerprint density at radius 1 is 0.867 bits per heavy atom. The van der Waals surface area contributed by atoms with Gasteiger partial charge in [0.15, 0.2) is 0 Å². The molecule has 1 aliphatic carbocycles. The highest BCUT2D eigenvalue weighted by Gasteiger charge is 2.23. The van der Waals surface area contributed by atoms with Gasteiger partial charge in [-0.1, -0.05) is 61.4 Å². The summed E-state index contributed by atoms with van der Waals surface area (Å²) in [5, 5.41) is 12.7. The Labute approximate surface area is 268 Å². The average Bonchev–Trinajstić information content (AvgIpc) is 3.78. The Balaban J connectivity index is 1.57. The highest BCUT2D eigenvalue weighted by atomic mass is 16.6. The summed E-state index contributed by atoms with van der Waals surface area (Å²) in [6, 6.07) is 21.9. The van der Waals surface area contributed by atoms with Crippen LogP contribution in [0, 0.1) is 5.92 Å². The fourth-order valence-corrected chi connectivity index (χ4v) is 5.26. The van der Waals surface area contributed by atoms with Crippen LogP contribution in [0.25, 0.3) is 11.1 Å². The van der Waals surface area contributed by atoms with Crippen LogP contribution in [-0.2, 0) is 33.7 Å². The first-order chi connectivity index (χ1) is 21.3. The first-order valence-electron chi connectivity index (χ1n) is 16.0. The van der Waals surface area contributed by atoms with Crippen molar-refractivity contribution in [3.05, 3.63) is 89.0 Å². The maximum absolute atomic E-state index is 12.6. The van der Waals surface area contributed by atoms with Crippen molar-refractivity contribution in [1.82, 2.24) is 5.32 Å². The van der Waals surface area contributed by atoms with Crippen LogP contribution in [-0.4, -0.2) is 35.0 Å². The number of amides is 1. The molecule has 3 aromatic carbocycles. The first-order valence-corrected chi connectivity index (χ1v) is 16.0. The monoisotopic (exact) mass is 615 g/mol. The van der Waals surface area contributed by atoms with Gasteiger partial charge in [0.2, 0.25) is 0 Å². The Morgan fingerprint density at radius 2 is 1.58 bits per heavy atom. The number of rotatable bonds is 13. The van der Waals surface area contributed by atoms with Crippen LogP contribution in [0.2, 0.25) is 0 Å². The van der Waals surface area contributed by atoms with Crippen LogP contribution >= 0.6 is 0 Å². The van der Waals surface area contributed by atoms with Crippen molar-refractivity contribution in [2.45, 2.75) is 104 Å². The number of esters is 1. The van der Waals surface area contributed by atoms with E-state index in [-0.39, 0.29) is 19.0 Å². The third kappa shape index (κ3) is 11.5. The summed E-state index contributed by atoms with van der Waals surface area (Å²) >= 11 is 0. The molecular weight excluding hydrogens is 566 g/mol. The van der Waals surface area contributed by atoms with Gasteiger partial charge in [0.1, 0.15) is 23.6 Å². The van der Waals surface area contributed by atoms with E-state index in [1.807, 2.05) is 77.9 Å². The Bertz CT molecular complexity index is 1450. The zero-order valence-electron chi connectivity index (χ0n) is 27.7. The number of carbonyl (C=O) groups is 2. The summed E-state index contributed by atoms with van der Waals surface area (Å²) in [6.45, 7) is 11.3. The fourth-order valence-electron chi connectivity index (χ4n) is 5.26. The number of para-hydroxylation sites is 1. The molecule has 0 spiro atoms. The second-order valence-electron chi connectivity index (χ2n) is 14.0. The Morgan fingerprint density at radius 3 is 2.27 bits per heavy atom. The van der Waals surface area contributed by atoms with Gasteiger partial charge < -0.3 is 24.6 Å². The summed E-state index contributed by atoms with van der Waals surface area (Å²) in [4.78, 5) is 25.1. The fraction of sp³-hybridized carbons (Fsp3) is 0.474. The van der Waals surface area contributed by atoms with E-state index < -0.39 is 23.3 Å². The Hall–Kier alpha value is -3.84. The van der Waals surface area contributed by atoms with Crippen molar-refractivity contribution in [2.24, 2.45) is 5.92 Å². The molecule has 242 valence electrons. The van der Waals surface area contributed by atoms with Gasteiger partial charge in [-0.3, -0.25) is 4.79 Å². The number of aliphatic hydroxyl groups excluding tert-OH is 1. The van der Waals surface area contributed by atoms with E-state index in [0.717, 1.165) is 40.2 Å². The van der Waals surface area contributed by atoms with Crippen LogP contribution in [0.3, 0.4) is 0 Å². The molecule has 0 aromatic heterocycles. The number of hydrogen-bond acceptors (Lipinski definition) is 6. The molecule has 0 saturated heterocycles. The normalized spacial score (nSPS) is 14.0. The number of benzene rings is 3. The predicted octanol–water partition coefficient (Wildman–Crippen LogP) is 8.11. The molecule has 2 N–H and O–H groups in total. The van der Waals surface area contributed by atoms with Gasteiger partial charge >= 0.3 is 12.1 Å². The zero-order chi connectivity index (χ0) is 32.6. The molecule has 7 heteroatoms. The number of carbonyl (C=O) groups excluding carboxylic acids is 2. The molecule has 1 amide bonds. The number of ether oxygens (including phenoxy) is 3. The van der Waals surface area contributed by atoms with Gasteiger partial charge in [-0.2, -0.15) is 0 Å². The molecule has 1 fully saturated rings. The molecule has 0 radical (unpaired) electrons. The van der Waals surface area contributed by atoms with E-state index >= 15 is 0 Å². The van der Waals surface area contributed by atoms with E-state index in [9.17, 15) is 14.7 Å². The molecule has 1 saturated carbocycles. The second kappa shape index (κ2) is 15.0. The highest BCUT2D eigenvalue weighted by molar-refractivity contribution is 5.74. The van der Waals surface area contributed by atoms with Crippen molar-refractivity contribution in [3.63, 3.8) is 0 Å².